The van der Waals surface area contributed by atoms with Crippen LogP contribution in [-0.2, 0) is 9.53 Å². The zero-order valence-electron chi connectivity index (χ0n) is 10.4. The topological polar surface area (TPSA) is 42.1 Å². The molecule has 0 spiro atoms. The van der Waals surface area contributed by atoms with E-state index in [-0.39, 0.29) is 11.9 Å². The van der Waals surface area contributed by atoms with E-state index in [1.54, 1.807) is 0 Å². The minimum Gasteiger partial charge on any atom is -0.469 e. The van der Waals surface area contributed by atoms with E-state index in [1.165, 1.54) is 7.11 Å². The lowest BCUT2D eigenvalue weighted by Gasteiger charge is -2.12. The largest absolute Gasteiger partial charge is 0.469 e. The summed E-state index contributed by atoms with van der Waals surface area (Å²) in [7, 11) is 1.43. The van der Waals surface area contributed by atoms with Crippen molar-refractivity contribution in [3.05, 3.63) is 35.5 Å². The molecule has 1 N–H and O–H groups in total. The van der Waals surface area contributed by atoms with Crippen molar-refractivity contribution in [1.29, 1.82) is 0 Å². The molecular weight excluding hydrogens is 214 g/mol. The number of esters is 1. The van der Waals surface area contributed by atoms with E-state index in [1.807, 2.05) is 26.0 Å². The zero-order chi connectivity index (χ0) is 12.4. The lowest BCUT2D eigenvalue weighted by molar-refractivity contribution is -0.142. The van der Waals surface area contributed by atoms with E-state index in [9.17, 15) is 4.79 Å². The molecule has 0 aliphatic heterocycles. The Bertz CT molecular complexity index is 542. The molecule has 1 heterocycles. The first-order valence-corrected chi connectivity index (χ1v) is 5.82. The molecule has 0 bridgehead atoms. The second-order valence-electron chi connectivity index (χ2n) is 4.28. The summed E-state index contributed by atoms with van der Waals surface area (Å²) in [6.45, 7) is 4.02. The molecule has 90 valence electrons. The Labute approximate surface area is 101 Å². The fourth-order valence-corrected chi connectivity index (χ4v) is 2.19. The molecule has 0 aliphatic rings. The van der Waals surface area contributed by atoms with Crippen LogP contribution in [0.4, 0.5) is 0 Å². The summed E-state index contributed by atoms with van der Waals surface area (Å²) in [4.78, 5) is 14.9. The number of fused-ring (bicyclic) bond motifs is 1. The summed E-state index contributed by atoms with van der Waals surface area (Å²) in [5, 5.41) is 1.14. The molecule has 3 nitrogen and oxygen atoms in total. The Morgan fingerprint density at radius 3 is 2.82 bits per heavy atom. The van der Waals surface area contributed by atoms with Gasteiger partial charge >= 0.3 is 5.97 Å². The van der Waals surface area contributed by atoms with Crippen molar-refractivity contribution in [2.75, 3.05) is 7.11 Å². The molecule has 1 atom stereocenters. The number of H-pyrrole nitrogens is 1. The number of carbonyl (C=O) groups excluding carboxylic acids is 1. The number of aryl methyl sites for hydroxylation is 1. The highest BCUT2D eigenvalue weighted by atomic mass is 16.5. The molecule has 3 heteroatoms. The van der Waals surface area contributed by atoms with Gasteiger partial charge in [-0.2, -0.15) is 0 Å². The van der Waals surface area contributed by atoms with Crippen LogP contribution >= 0.6 is 0 Å². The predicted molar refractivity (Wildman–Crippen MR) is 68.1 cm³/mol. The molecule has 2 aromatic rings. The van der Waals surface area contributed by atoms with Crippen LogP contribution in [0.5, 0.6) is 0 Å². The first-order valence-electron chi connectivity index (χ1n) is 5.82. The molecule has 0 radical (unpaired) electrons. The molecule has 1 aromatic carbocycles. The maximum absolute atomic E-state index is 11.7. The maximum Gasteiger partial charge on any atom is 0.313 e. The molecule has 0 saturated carbocycles. The van der Waals surface area contributed by atoms with Crippen LogP contribution in [0.1, 0.15) is 30.5 Å². The van der Waals surface area contributed by atoms with E-state index < -0.39 is 0 Å². The van der Waals surface area contributed by atoms with Crippen molar-refractivity contribution in [2.45, 2.75) is 26.2 Å². The normalized spacial score (nSPS) is 12.6. The summed E-state index contributed by atoms with van der Waals surface area (Å²) < 4.78 is 4.83. The zero-order valence-corrected chi connectivity index (χ0v) is 10.4. The Hall–Kier alpha value is -1.77. The smallest absolute Gasteiger partial charge is 0.313 e. The predicted octanol–water partition coefficient (Wildman–Crippen LogP) is 3.14. The summed E-state index contributed by atoms with van der Waals surface area (Å²) in [5.74, 6) is -0.335. The highest BCUT2D eigenvalue weighted by Crippen LogP contribution is 2.25. The molecule has 1 aromatic heterocycles. The van der Waals surface area contributed by atoms with Gasteiger partial charge in [-0.25, -0.2) is 0 Å². The van der Waals surface area contributed by atoms with Crippen LogP contribution in [0.25, 0.3) is 10.9 Å². The van der Waals surface area contributed by atoms with Crippen molar-refractivity contribution < 1.29 is 9.53 Å². The Balaban J connectivity index is 2.43. The van der Waals surface area contributed by atoms with Gasteiger partial charge in [-0.15, -0.1) is 0 Å². The van der Waals surface area contributed by atoms with Crippen molar-refractivity contribution in [3.8, 4) is 0 Å². The monoisotopic (exact) mass is 231 g/mol. The number of methoxy groups -OCH3 is 1. The highest BCUT2D eigenvalue weighted by molar-refractivity contribution is 5.84. The quantitative estimate of drug-likeness (QED) is 0.824. The number of nitrogens with one attached hydrogen (secondary N) is 1. The number of hydrogen-bond acceptors (Lipinski definition) is 2. The van der Waals surface area contributed by atoms with Gasteiger partial charge in [0, 0.05) is 11.2 Å². The molecule has 0 amide bonds. The van der Waals surface area contributed by atoms with E-state index in [2.05, 4.69) is 17.1 Å². The van der Waals surface area contributed by atoms with Gasteiger partial charge in [0.05, 0.1) is 13.0 Å². The van der Waals surface area contributed by atoms with Crippen LogP contribution in [0.3, 0.4) is 0 Å². The van der Waals surface area contributed by atoms with Crippen molar-refractivity contribution in [3.63, 3.8) is 0 Å². The minimum absolute atomic E-state index is 0.167. The van der Waals surface area contributed by atoms with Crippen molar-refractivity contribution >= 4 is 16.9 Å². The van der Waals surface area contributed by atoms with Gasteiger partial charge in [-0.3, -0.25) is 4.79 Å². The molecule has 0 fully saturated rings. The molecule has 0 saturated heterocycles. The summed E-state index contributed by atoms with van der Waals surface area (Å²) in [6.07, 6.45) is 0.752. The lowest BCUT2D eigenvalue weighted by Crippen LogP contribution is -2.13. The fourth-order valence-electron chi connectivity index (χ4n) is 2.19. The number of ether oxygens (including phenoxy) is 1. The highest BCUT2D eigenvalue weighted by Gasteiger charge is 2.19. The van der Waals surface area contributed by atoms with Gasteiger partial charge in [0.15, 0.2) is 0 Å². The molecular formula is C14H17NO2. The third-order valence-corrected chi connectivity index (χ3v) is 3.08. The number of aromatic amines is 1. The van der Waals surface area contributed by atoms with Crippen LogP contribution in [0, 0.1) is 6.92 Å². The Kier molecular flexibility index (Phi) is 3.18. The van der Waals surface area contributed by atoms with Crippen LogP contribution in [0.2, 0.25) is 0 Å². The van der Waals surface area contributed by atoms with Crippen molar-refractivity contribution in [2.24, 2.45) is 0 Å². The van der Waals surface area contributed by atoms with Crippen LogP contribution < -0.4 is 0 Å². The minimum atomic E-state index is -0.167. The number of rotatable bonds is 3. The summed E-state index contributed by atoms with van der Waals surface area (Å²) in [6, 6.07) is 8.15. The van der Waals surface area contributed by atoms with Gasteiger partial charge in [0.1, 0.15) is 0 Å². The van der Waals surface area contributed by atoms with Gasteiger partial charge in [0.2, 0.25) is 0 Å². The second kappa shape index (κ2) is 4.62. The average Bonchev–Trinajstić information content (AvgIpc) is 2.69. The second-order valence-corrected chi connectivity index (χ2v) is 4.28. The number of hydrogen-bond donors (Lipinski definition) is 1. The van der Waals surface area contributed by atoms with E-state index in [0.717, 1.165) is 28.6 Å². The lowest BCUT2D eigenvalue weighted by atomic mass is 9.95. The van der Waals surface area contributed by atoms with E-state index in [0.29, 0.717) is 0 Å². The Morgan fingerprint density at radius 2 is 2.18 bits per heavy atom. The maximum atomic E-state index is 11.7. The summed E-state index contributed by atoms with van der Waals surface area (Å²) >= 11 is 0. The first kappa shape index (κ1) is 11.7. The van der Waals surface area contributed by atoms with Crippen LogP contribution in [0.15, 0.2) is 24.3 Å². The number of aromatic nitrogens is 1. The van der Waals surface area contributed by atoms with Gasteiger partial charge < -0.3 is 9.72 Å². The average molecular weight is 231 g/mol. The van der Waals surface area contributed by atoms with Crippen molar-refractivity contribution in [1.82, 2.24) is 4.98 Å². The van der Waals surface area contributed by atoms with Gasteiger partial charge in [-0.05, 0) is 42.5 Å². The molecule has 1 unspecified atom stereocenters. The fraction of sp³-hybridized carbons (Fsp3) is 0.357. The van der Waals surface area contributed by atoms with Gasteiger partial charge in [0.25, 0.3) is 0 Å². The standard InChI is InChI=1S/C14H17NO2/c1-4-12(14(16)17-3)10-5-6-13-11(8-10)7-9(2)15-13/h5-8,12,15H,4H2,1-3H3. The first-order chi connectivity index (χ1) is 8.15. The van der Waals surface area contributed by atoms with Crippen LogP contribution in [-0.4, -0.2) is 18.1 Å². The number of benzene rings is 1. The third kappa shape index (κ3) is 2.18. The third-order valence-electron chi connectivity index (χ3n) is 3.08. The SMILES string of the molecule is CCC(C(=O)OC)c1ccc2[nH]c(C)cc2c1. The molecule has 0 aliphatic carbocycles. The van der Waals surface area contributed by atoms with E-state index in [4.69, 9.17) is 4.74 Å². The van der Waals surface area contributed by atoms with E-state index >= 15 is 0 Å². The Morgan fingerprint density at radius 1 is 1.41 bits per heavy atom. The molecule has 17 heavy (non-hydrogen) atoms. The molecule has 2 rings (SSSR count). The van der Waals surface area contributed by atoms with Gasteiger partial charge in [-0.1, -0.05) is 13.0 Å². The summed E-state index contributed by atoms with van der Waals surface area (Å²) in [5.41, 5.74) is 3.25. The number of carbonyl (C=O) groups is 1.